The van der Waals surface area contributed by atoms with Crippen LogP contribution in [0.3, 0.4) is 0 Å². The topological polar surface area (TPSA) is 142 Å². The van der Waals surface area contributed by atoms with Crippen LogP contribution in [0.2, 0.25) is 0 Å². The molecule has 4 N–H and O–H groups in total. The first kappa shape index (κ1) is 34.8. The number of thioether (sulfide) groups is 1. The third-order valence-electron chi connectivity index (χ3n) is 8.35. The standard InChI is InChI=1S/C38H39NO8S/c1-24-32(23-48-33-12-3-2-11-31(33)37(44)45)46-38(47-36(24)27-17-15-25(22-40)16-18-27)30-10-5-9-29(20-30)28-8-4-7-26(19-28)21-39-34(41)13-6-14-35(42)43/h2-5,7-12,15-20,24,32,36,38,40H,6,13-14,21-23H2,1H3,(H,39,41)(H,42,43)(H,44,45). The van der Waals surface area contributed by atoms with Gasteiger partial charge in [0, 0.05) is 41.5 Å². The van der Waals surface area contributed by atoms with Crippen molar-refractivity contribution < 1.29 is 39.2 Å². The maximum Gasteiger partial charge on any atom is 0.336 e. The molecule has 10 heteroatoms. The van der Waals surface area contributed by atoms with Crippen LogP contribution in [0.1, 0.15) is 71.2 Å². The smallest absolute Gasteiger partial charge is 0.336 e. The highest BCUT2D eigenvalue weighted by Crippen LogP contribution is 2.43. The number of aromatic carboxylic acids is 1. The second kappa shape index (κ2) is 16.6. The number of hydrogen-bond donors (Lipinski definition) is 4. The number of nitrogens with one attached hydrogen (secondary N) is 1. The summed E-state index contributed by atoms with van der Waals surface area (Å²) in [4.78, 5) is 35.4. The molecule has 4 atom stereocenters. The number of aliphatic hydroxyl groups is 1. The van der Waals surface area contributed by atoms with Crippen LogP contribution in [-0.4, -0.2) is 45.0 Å². The third kappa shape index (κ3) is 9.11. The molecule has 9 nitrogen and oxygen atoms in total. The number of aliphatic carboxylic acids is 1. The molecule has 0 spiro atoms. The second-order valence-electron chi connectivity index (χ2n) is 11.8. The van der Waals surface area contributed by atoms with Crippen molar-refractivity contribution in [2.24, 2.45) is 5.92 Å². The van der Waals surface area contributed by atoms with Crippen LogP contribution in [0.5, 0.6) is 0 Å². The molecule has 1 fully saturated rings. The Balaban J connectivity index is 1.35. The molecule has 4 aromatic rings. The number of rotatable bonds is 14. The van der Waals surface area contributed by atoms with Gasteiger partial charge < -0.3 is 30.1 Å². The zero-order valence-corrected chi connectivity index (χ0v) is 27.4. The van der Waals surface area contributed by atoms with E-state index in [1.165, 1.54) is 11.8 Å². The monoisotopic (exact) mass is 669 g/mol. The minimum absolute atomic E-state index is 0.0401. The van der Waals surface area contributed by atoms with Gasteiger partial charge in [0.05, 0.1) is 24.4 Å². The lowest BCUT2D eigenvalue weighted by Gasteiger charge is -2.41. The normalized spacial score (nSPS) is 19.0. The van der Waals surface area contributed by atoms with E-state index in [-0.39, 0.29) is 49.0 Å². The van der Waals surface area contributed by atoms with Crippen LogP contribution < -0.4 is 5.32 Å². The molecule has 1 heterocycles. The van der Waals surface area contributed by atoms with Gasteiger partial charge in [0.25, 0.3) is 0 Å². The number of aliphatic hydroxyl groups excluding tert-OH is 1. The largest absolute Gasteiger partial charge is 0.481 e. The van der Waals surface area contributed by atoms with Gasteiger partial charge in [-0.3, -0.25) is 9.59 Å². The third-order valence-corrected chi connectivity index (χ3v) is 9.51. The Kier molecular flexibility index (Phi) is 12.0. The van der Waals surface area contributed by atoms with Crippen LogP contribution >= 0.6 is 11.8 Å². The average Bonchev–Trinajstić information content (AvgIpc) is 3.10. The first-order valence-corrected chi connectivity index (χ1v) is 16.8. The van der Waals surface area contributed by atoms with Crippen LogP contribution in [0.4, 0.5) is 0 Å². The van der Waals surface area contributed by atoms with E-state index in [2.05, 4.69) is 12.2 Å². The summed E-state index contributed by atoms with van der Waals surface area (Å²) in [5, 5.41) is 30.9. The fraction of sp³-hybridized carbons (Fsp3) is 0.289. The van der Waals surface area contributed by atoms with E-state index < -0.39 is 18.2 Å². The molecule has 0 radical (unpaired) electrons. The predicted molar refractivity (Wildman–Crippen MR) is 182 cm³/mol. The minimum atomic E-state index is -0.974. The molecule has 250 valence electrons. The summed E-state index contributed by atoms with van der Waals surface area (Å²) >= 11 is 1.45. The van der Waals surface area contributed by atoms with Crippen LogP contribution in [0.15, 0.2) is 102 Å². The van der Waals surface area contributed by atoms with Gasteiger partial charge in [0.15, 0.2) is 6.29 Å². The maximum absolute atomic E-state index is 12.2. The number of benzene rings is 4. The first-order valence-electron chi connectivity index (χ1n) is 15.9. The van der Waals surface area contributed by atoms with Crippen LogP contribution in [0, 0.1) is 5.92 Å². The Morgan fingerprint density at radius 2 is 1.52 bits per heavy atom. The summed E-state index contributed by atoms with van der Waals surface area (Å²) in [6.07, 6.45) is -0.875. The summed E-state index contributed by atoms with van der Waals surface area (Å²) in [6.45, 7) is 2.35. The molecule has 1 aliphatic heterocycles. The number of hydrogen-bond acceptors (Lipinski definition) is 7. The molecular weight excluding hydrogens is 630 g/mol. The molecule has 1 amide bonds. The van der Waals surface area contributed by atoms with Gasteiger partial charge in [-0.1, -0.05) is 79.7 Å². The number of carboxylic acid groups (broad SMARTS) is 2. The van der Waals surface area contributed by atoms with Crippen molar-refractivity contribution in [3.63, 3.8) is 0 Å². The van der Waals surface area contributed by atoms with E-state index in [1.54, 1.807) is 12.1 Å². The molecule has 48 heavy (non-hydrogen) atoms. The zero-order chi connectivity index (χ0) is 34.0. The summed E-state index contributed by atoms with van der Waals surface area (Å²) < 4.78 is 13.3. The average molecular weight is 670 g/mol. The van der Waals surface area contributed by atoms with Gasteiger partial charge in [0.1, 0.15) is 0 Å². The second-order valence-corrected chi connectivity index (χ2v) is 12.8. The highest BCUT2D eigenvalue weighted by Gasteiger charge is 2.38. The van der Waals surface area contributed by atoms with Gasteiger partial charge >= 0.3 is 11.9 Å². The van der Waals surface area contributed by atoms with Crippen LogP contribution in [-0.2, 0) is 32.2 Å². The number of carbonyl (C=O) groups excluding carboxylic acids is 1. The van der Waals surface area contributed by atoms with E-state index in [0.717, 1.165) is 33.4 Å². The first-order chi connectivity index (χ1) is 23.2. The predicted octanol–water partition coefficient (Wildman–Crippen LogP) is 7.00. The molecule has 0 aliphatic carbocycles. The quantitative estimate of drug-likeness (QED) is 0.104. The van der Waals surface area contributed by atoms with E-state index in [9.17, 15) is 24.6 Å². The Bertz CT molecular complexity index is 1730. The van der Waals surface area contributed by atoms with Gasteiger partial charge in [-0.15, -0.1) is 11.8 Å². The van der Waals surface area contributed by atoms with E-state index >= 15 is 0 Å². The van der Waals surface area contributed by atoms with Gasteiger partial charge in [0.2, 0.25) is 5.91 Å². The summed E-state index contributed by atoms with van der Waals surface area (Å²) in [6, 6.07) is 30.4. The number of amides is 1. The van der Waals surface area contributed by atoms with Gasteiger partial charge in [-0.05, 0) is 58.5 Å². The highest BCUT2D eigenvalue weighted by molar-refractivity contribution is 7.99. The van der Waals surface area contributed by atoms with Crippen molar-refractivity contribution in [3.8, 4) is 11.1 Å². The molecule has 0 aromatic heterocycles. The zero-order valence-electron chi connectivity index (χ0n) is 26.6. The lowest BCUT2D eigenvalue weighted by atomic mass is 9.91. The molecule has 1 saturated heterocycles. The van der Waals surface area contributed by atoms with Gasteiger partial charge in [-0.2, -0.15) is 0 Å². The molecule has 5 rings (SSSR count). The number of carboxylic acids is 2. The van der Waals surface area contributed by atoms with Crippen molar-refractivity contribution >= 4 is 29.6 Å². The van der Waals surface area contributed by atoms with E-state index in [1.807, 2.05) is 84.9 Å². The van der Waals surface area contributed by atoms with Crippen molar-refractivity contribution in [3.05, 3.63) is 125 Å². The lowest BCUT2D eigenvalue weighted by molar-refractivity contribution is -0.268. The Labute approximate surface area is 283 Å². The number of ether oxygens (including phenoxy) is 2. The molecule has 4 aromatic carbocycles. The van der Waals surface area contributed by atoms with Crippen molar-refractivity contribution in [1.29, 1.82) is 0 Å². The molecule has 4 unspecified atom stereocenters. The maximum atomic E-state index is 12.2. The summed E-state index contributed by atoms with van der Waals surface area (Å²) in [7, 11) is 0. The fourth-order valence-electron chi connectivity index (χ4n) is 5.67. The minimum Gasteiger partial charge on any atom is -0.481 e. The van der Waals surface area contributed by atoms with Crippen molar-refractivity contribution in [1.82, 2.24) is 5.32 Å². The number of carbonyl (C=O) groups is 3. The Morgan fingerprint density at radius 1 is 0.792 bits per heavy atom. The van der Waals surface area contributed by atoms with E-state index in [4.69, 9.17) is 14.6 Å². The molecule has 0 saturated carbocycles. The summed E-state index contributed by atoms with van der Waals surface area (Å²) in [5.74, 6) is -1.63. The van der Waals surface area contributed by atoms with Gasteiger partial charge in [-0.25, -0.2) is 4.79 Å². The molecule has 1 aliphatic rings. The SMILES string of the molecule is CC1C(CSc2ccccc2C(=O)O)OC(c2cccc(-c3cccc(CNC(=O)CCCC(=O)O)c3)c2)OC1c1ccc(CO)cc1. The Morgan fingerprint density at radius 3 is 2.25 bits per heavy atom. The Hall–Kier alpha value is -4.48. The van der Waals surface area contributed by atoms with Crippen LogP contribution in [0.25, 0.3) is 11.1 Å². The van der Waals surface area contributed by atoms with Crippen molar-refractivity contribution in [2.45, 2.75) is 62.7 Å². The fourth-order valence-corrected chi connectivity index (χ4v) is 6.88. The van der Waals surface area contributed by atoms with Crippen molar-refractivity contribution in [2.75, 3.05) is 5.75 Å². The highest BCUT2D eigenvalue weighted by atomic mass is 32.2. The summed E-state index contributed by atoms with van der Waals surface area (Å²) in [5.41, 5.74) is 5.65. The van der Waals surface area contributed by atoms with E-state index in [0.29, 0.717) is 23.6 Å². The molecular formula is C38H39NO8S. The lowest BCUT2D eigenvalue weighted by Crippen LogP contribution is -2.38. The molecule has 0 bridgehead atoms.